The van der Waals surface area contributed by atoms with E-state index in [1.165, 1.54) is 13.8 Å². The molecule has 1 unspecified atom stereocenters. The third-order valence-electron chi connectivity index (χ3n) is 5.59. The van der Waals surface area contributed by atoms with Crippen LogP contribution in [0.15, 0.2) is 46.8 Å². The van der Waals surface area contributed by atoms with Crippen molar-refractivity contribution in [1.29, 1.82) is 0 Å². The second-order valence-electron chi connectivity index (χ2n) is 8.99. The minimum atomic E-state index is -5.18. The van der Waals surface area contributed by atoms with E-state index < -0.39 is 87.6 Å². The Morgan fingerprint density at radius 1 is 1.05 bits per heavy atom. The van der Waals surface area contributed by atoms with Gasteiger partial charge < -0.3 is 30.7 Å². The number of nitrogens with two attached hydrogens (primary N) is 1. The predicted molar refractivity (Wildman–Crippen MR) is 143 cm³/mol. The topological polar surface area (TPSA) is 165 Å². The highest BCUT2D eigenvalue weighted by Crippen LogP contribution is 2.48. The Kier molecular flexibility index (Phi) is 14.3. The van der Waals surface area contributed by atoms with Crippen molar-refractivity contribution in [2.24, 2.45) is 5.73 Å². The lowest BCUT2D eigenvalue weighted by Crippen LogP contribution is -2.36. The Morgan fingerprint density at radius 3 is 2.05 bits per heavy atom. The van der Waals surface area contributed by atoms with Gasteiger partial charge in [-0.15, -0.1) is 0 Å². The van der Waals surface area contributed by atoms with Crippen LogP contribution < -0.4 is 11.1 Å². The van der Waals surface area contributed by atoms with Gasteiger partial charge in [0.15, 0.2) is 0 Å². The van der Waals surface area contributed by atoms with Crippen LogP contribution in [0, 0.1) is 5.82 Å². The molecule has 1 heterocycles. The van der Waals surface area contributed by atoms with Gasteiger partial charge in [-0.3, -0.25) is 0 Å². The maximum absolute atomic E-state index is 15.2. The second kappa shape index (κ2) is 16.6. The number of carboxylic acid groups (broad SMARTS) is 2. The molecular weight excluding hydrogens is 611 g/mol. The van der Waals surface area contributed by atoms with Crippen molar-refractivity contribution >= 4 is 35.5 Å². The van der Waals surface area contributed by atoms with E-state index in [2.05, 4.69) is 10.1 Å². The van der Waals surface area contributed by atoms with E-state index in [1.807, 2.05) is 0 Å². The Hall–Kier alpha value is -3.98. The molecule has 0 amide bonds. The second-order valence-corrected chi connectivity index (χ2v) is 9.40. The Bertz CT molecular complexity index is 1290. The van der Waals surface area contributed by atoms with E-state index in [4.69, 9.17) is 32.3 Å². The molecule has 0 aliphatic carbocycles. The van der Waals surface area contributed by atoms with Gasteiger partial charge in [0.25, 0.3) is 0 Å². The minimum absolute atomic E-state index is 0.0121. The first-order valence-electron chi connectivity index (χ1n) is 12.5. The van der Waals surface area contributed by atoms with E-state index in [1.54, 1.807) is 0 Å². The average molecular weight is 641 g/mol. The first-order valence-corrected chi connectivity index (χ1v) is 12.9. The summed E-state index contributed by atoms with van der Waals surface area (Å²) in [5.74, 6) is -8.28. The van der Waals surface area contributed by atoms with Gasteiger partial charge in [-0.05, 0) is 51.8 Å². The summed E-state index contributed by atoms with van der Waals surface area (Å²) in [6.45, 7) is 1.95. The monoisotopic (exact) mass is 640 g/mol. The number of benzene rings is 1. The molecular formula is C27H30ClF5N2O8. The fraction of sp³-hybridized carbons (Fsp3) is 0.407. The van der Waals surface area contributed by atoms with Crippen molar-refractivity contribution in [3.63, 3.8) is 0 Å². The summed E-state index contributed by atoms with van der Waals surface area (Å²) >= 11 is 5.83. The van der Waals surface area contributed by atoms with Crippen LogP contribution in [-0.4, -0.2) is 60.5 Å². The number of carboxylic acids is 2. The molecule has 0 saturated carbocycles. The summed E-state index contributed by atoms with van der Waals surface area (Å²) in [5.41, 5.74) is 1.17. The number of carbonyl (C=O) groups excluding carboxylic acids is 2. The lowest BCUT2D eigenvalue weighted by atomic mass is 9.77. The van der Waals surface area contributed by atoms with Crippen LogP contribution in [0.2, 0.25) is 5.02 Å². The SMILES string of the molecule is COC(=O)C1=C(CF)NC(CCCCN)=C(C(=O)OC(C)C)C1c1c(F)ccc(Cl)c1C(F)(F)F.O=C(O)C=CC(=O)O. The number of ether oxygens (including phenoxy) is 2. The highest BCUT2D eigenvalue weighted by atomic mass is 35.5. The quantitative estimate of drug-likeness (QED) is 0.116. The molecule has 1 aliphatic rings. The summed E-state index contributed by atoms with van der Waals surface area (Å²) in [5, 5.41) is 17.4. The number of rotatable bonds is 11. The van der Waals surface area contributed by atoms with Crippen molar-refractivity contribution in [3.8, 4) is 0 Å². The highest BCUT2D eigenvalue weighted by molar-refractivity contribution is 6.31. The Morgan fingerprint density at radius 2 is 1.60 bits per heavy atom. The Labute approximate surface area is 248 Å². The lowest BCUT2D eigenvalue weighted by molar-refractivity contribution is -0.144. The third-order valence-corrected chi connectivity index (χ3v) is 5.91. The number of hydrogen-bond acceptors (Lipinski definition) is 8. The zero-order chi connectivity index (χ0) is 33.1. The molecule has 16 heteroatoms. The van der Waals surface area contributed by atoms with Crippen molar-refractivity contribution < 1.29 is 60.8 Å². The first-order chi connectivity index (χ1) is 20.0. The van der Waals surface area contributed by atoms with E-state index in [0.717, 1.165) is 7.11 Å². The largest absolute Gasteiger partial charge is 0.478 e. The lowest BCUT2D eigenvalue weighted by Gasteiger charge is -2.33. The molecule has 0 saturated heterocycles. The van der Waals surface area contributed by atoms with Gasteiger partial charge in [-0.1, -0.05) is 11.6 Å². The number of unbranched alkanes of at least 4 members (excludes halogenated alkanes) is 1. The number of halogens is 6. The number of aliphatic carboxylic acids is 2. The standard InChI is InChI=1S/C23H26ClF5N2O4.C4H4O4/c1-11(2)35-22(33)17-14(6-4-5-9-30)31-15(10-25)18(21(32)34-3)19(17)16-13(26)8-7-12(24)20(16)23(27,28)29;5-3(6)1-2-4(7)8/h7-8,11,19,31H,4-6,9-10,30H2,1-3H3;1-2H,(H,5,6)(H,7,8). The van der Waals surface area contributed by atoms with Crippen molar-refractivity contribution in [3.05, 3.63) is 68.8 Å². The van der Waals surface area contributed by atoms with E-state index in [9.17, 15) is 36.7 Å². The molecule has 1 aliphatic heterocycles. The molecule has 10 nitrogen and oxygen atoms in total. The molecule has 0 spiro atoms. The minimum Gasteiger partial charge on any atom is -0.478 e. The van der Waals surface area contributed by atoms with Gasteiger partial charge in [-0.25, -0.2) is 28.0 Å². The number of allylic oxidation sites excluding steroid dienone is 2. The van der Waals surface area contributed by atoms with Gasteiger partial charge in [0.2, 0.25) is 0 Å². The van der Waals surface area contributed by atoms with Crippen LogP contribution in [0.5, 0.6) is 0 Å². The molecule has 5 N–H and O–H groups in total. The van der Waals surface area contributed by atoms with Crippen LogP contribution in [0.1, 0.15) is 50.2 Å². The maximum Gasteiger partial charge on any atom is 0.418 e. The summed E-state index contributed by atoms with van der Waals surface area (Å²) < 4.78 is 81.5. The number of alkyl halides is 4. The molecule has 1 aromatic rings. The summed E-state index contributed by atoms with van der Waals surface area (Å²) in [4.78, 5) is 45.0. The molecule has 2 rings (SSSR count). The molecule has 0 aromatic heterocycles. The van der Waals surface area contributed by atoms with Crippen molar-refractivity contribution in [1.82, 2.24) is 5.32 Å². The molecule has 0 radical (unpaired) electrons. The van der Waals surface area contributed by atoms with E-state index in [-0.39, 0.29) is 18.7 Å². The molecule has 0 fully saturated rings. The van der Waals surface area contributed by atoms with Gasteiger partial charge in [0.1, 0.15) is 12.5 Å². The number of hydrogen-bond donors (Lipinski definition) is 4. The van der Waals surface area contributed by atoms with Gasteiger partial charge in [0.05, 0.1) is 46.6 Å². The zero-order valence-electron chi connectivity index (χ0n) is 23.2. The molecule has 43 heavy (non-hydrogen) atoms. The van der Waals surface area contributed by atoms with Gasteiger partial charge >= 0.3 is 30.1 Å². The fourth-order valence-corrected chi connectivity index (χ4v) is 4.27. The fourth-order valence-electron chi connectivity index (χ4n) is 4.00. The maximum atomic E-state index is 15.2. The first kappa shape index (κ1) is 37.0. The summed E-state index contributed by atoms with van der Waals surface area (Å²) in [6.07, 6.45) is -3.90. The number of carbonyl (C=O) groups is 4. The number of methoxy groups -OCH3 is 1. The van der Waals surface area contributed by atoms with Crippen molar-refractivity contribution in [2.75, 3.05) is 20.3 Å². The zero-order valence-corrected chi connectivity index (χ0v) is 23.9. The highest BCUT2D eigenvalue weighted by Gasteiger charge is 2.47. The molecule has 238 valence electrons. The summed E-state index contributed by atoms with van der Waals surface area (Å²) in [7, 11) is 0.924. The number of esters is 2. The molecule has 0 bridgehead atoms. The van der Waals surface area contributed by atoms with Crippen LogP contribution in [0.3, 0.4) is 0 Å². The molecule has 1 aromatic carbocycles. The normalized spacial score (nSPS) is 15.2. The van der Waals surface area contributed by atoms with Gasteiger partial charge in [0, 0.05) is 23.4 Å². The average Bonchev–Trinajstić information content (AvgIpc) is 2.91. The van der Waals surface area contributed by atoms with E-state index in [0.29, 0.717) is 37.1 Å². The van der Waals surface area contributed by atoms with Crippen LogP contribution in [-0.2, 0) is 34.8 Å². The van der Waals surface area contributed by atoms with Crippen LogP contribution in [0.4, 0.5) is 22.0 Å². The van der Waals surface area contributed by atoms with Crippen LogP contribution >= 0.6 is 11.6 Å². The predicted octanol–water partition coefficient (Wildman–Crippen LogP) is 4.63. The number of nitrogens with one attached hydrogen (secondary N) is 1. The van der Waals surface area contributed by atoms with Crippen molar-refractivity contribution in [2.45, 2.75) is 51.3 Å². The molecule has 1 atom stereocenters. The third kappa shape index (κ3) is 10.4. The Balaban J connectivity index is 0.00000101. The van der Waals surface area contributed by atoms with Crippen LogP contribution in [0.25, 0.3) is 0 Å². The van der Waals surface area contributed by atoms with Gasteiger partial charge in [-0.2, -0.15) is 13.2 Å². The summed E-state index contributed by atoms with van der Waals surface area (Å²) in [6, 6.07) is 1.39. The number of dihydropyridines is 1. The smallest absolute Gasteiger partial charge is 0.418 e. The van der Waals surface area contributed by atoms with E-state index >= 15 is 4.39 Å².